The summed E-state index contributed by atoms with van der Waals surface area (Å²) in [6, 6.07) is 16.2. The zero-order valence-corrected chi connectivity index (χ0v) is 14.8. The van der Waals surface area contributed by atoms with Gasteiger partial charge >= 0.3 is 111 Å². The summed E-state index contributed by atoms with van der Waals surface area (Å²) < 4.78 is 12.4. The molecule has 2 aromatic rings. The quantitative estimate of drug-likeness (QED) is 0.683. The van der Waals surface area contributed by atoms with Crippen LogP contribution in [0.1, 0.15) is 5.56 Å². The van der Waals surface area contributed by atoms with Crippen LogP contribution in [0.2, 0.25) is 0 Å². The van der Waals surface area contributed by atoms with Crippen molar-refractivity contribution in [3.05, 3.63) is 54.1 Å². The van der Waals surface area contributed by atoms with E-state index in [0.717, 1.165) is 35.4 Å². The first kappa shape index (κ1) is 15.2. The third-order valence-electron chi connectivity index (χ3n) is 2.47. The molecule has 0 aliphatic rings. The third-order valence-corrected chi connectivity index (χ3v) is 3.39. The summed E-state index contributed by atoms with van der Waals surface area (Å²) in [6.07, 6.45) is 0. The fourth-order valence-corrected chi connectivity index (χ4v) is 2.20. The van der Waals surface area contributed by atoms with Crippen molar-refractivity contribution in [1.29, 1.82) is 0 Å². The van der Waals surface area contributed by atoms with E-state index < -0.39 is 0 Å². The van der Waals surface area contributed by atoms with Crippen molar-refractivity contribution in [2.75, 3.05) is 7.11 Å². The van der Waals surface area contributed by atoms with Crippen LogP contribution in [0.25, 0.3) is 0 Å². The maximum absolute atomic E-state index is 5.76. The van der Waals surface area contributed by atoms with E-state index in [-0.39, 0.29) is 17.0 Å². The van der Waals surface area contributed by atoms with Crippen LogP contribution < -0.4 is 30.6 Å². The number of hydrogen-bond donors (Lipinski definition) is 0. The van der Waals surface area contributed by atoms with Crippen LogP contribution in [-0.2, 0) is 24.9 Å². The molecule has 0 fully saturated rings. The van der Waals surface area contributed by atoms with E-state index in [1.165, 1.54) is 4.16 Å². The number of hydrogen-bond acceptors (Lipinski definition) is 2. The van der Waals surface area contributed by atoms with Gasteiger partial charge in [0.05, 0.1) is 0 Å². The van der Waals surface area contributed by atoms with Gasteiger partial charge in [0.15, 0.2) is 0 Å². The smallest absolute Gasteiger partial charge is 1.00 e. The molecule has 0 bridgehead atoms. The van der Waals surface area contributed by atoms with Crippen LogP contribution >= 0.6 is 0 Å². The van der Waals surface area contributed by atoms with Gasteiger partial charge in [-0.2, -0.15) is 0 Å². The molecular formula is C14H13BrO2Zn. The molecule has 2 nitrogen and oxygen atoms in total. The first-order chi connectivity index (χ1) is 8.29. The zero-order chi connectivity index (χ0) is 12.1. The molecule has 18 heavy (non-hydrogen) atoms. The molecule has 0 spiro atoms. The summed E-state index contributed by atoms with van der Waals surface area (Å²) in [5, 5.41) is 0. The summed E-state index contributed by atoms with van der Waals surface area (Å²) in [5.74, 6) is 1.61. The maximum Gasteiger partial charge on any atom is -1.00 e. The van der Waals surface area contributed by atoms with Gasteiger partial charge in [-0.1, -0.05) is 0 Å². The van der Waals surface area contributed by atoms with Crippen molar-refractivity contribution in [3.63, 3.8) is 0 Å². The van der Waals surface area contributed by atoms with E-state index in [9.17, 15) is 0 Å². The monoisotopic (exact) mass is 356 g/mol. The van der Waals surface area contributed by atoms with Crippen molar-refractivity contribution >= 4 is 4.16 Å². The van der Waals surface area contributed by atoms with Crippen molar-refractivity contribution in [1.82, 2.24) is 0 Å². The van der Waals surface area contributed by atoms with Gasteiger partial charge in [-0.05, 0) is 0 Å². The minimum atomic E-state index is 0. The fourth-order valence-electron chi connectivity index (χ4n) is 1.57. The summed E-state index contributed by atoms with van der Waals surface area (Å²) >= 11 is 1.12. The van der Waals surface area contributed by atoms with Gasteiger partial charge in [0.2, 0.25) is 0 Å². The summed E-state index contributed by atoms with van der Waals surface area (Å²) in [4.78, 5) is 0. The standard InChI is InChI=1S/C14H13O2.BrH.Zn/c1-15-13-9-5-6-10-14(13)16-11-12-7-3-2-4-8-12;;/h2-4,6-10H,11H2,1H3;1H;/q;;+1/p-1. The minimum Gasteiger partial charge on any atom is -1.00 e. The summed E-state index contributed by atoms with van der Waals surface area (Å²) in [5.41, 5.74) is 1.16. The fraction of sp³-hybridized carbons (Fsp3) is 0.143. The molecule has 0 aliphatic heterocycles. The van der Waals surface area contributed by atoms with Crippen LogP contribution in [-0.4, -0.2) is 7.11 Å². The van der Waals surface area contributed by atoms with Crippen molar-refractivity contribution < 1.29 is 44.8 Å². The molecule has 0 aliphatic carbocycles. The van der Waals surface area contributed by atoms with Gasteiger partial charge in [-0.15, -0.1) is 0 Å². The van der Waals surface area contributed by atoms with Gasteiger partial charge in [-0.3, -0.25) is 0 Å². The Bertz CT molecular complexity index is 488. The molecule has 0 saturated carbocycles. The van der Waals surface area contributed by atoms with Gasteiger partial charge in [0.25, 0.3) is 0 Å². The molecule has 0 aromatic heterocycles. The largest absolute Gasteiger partial charge is 1.00 e. The number of halogens is 1. The number of rotatable bonds is 4. The molecule has 0 saturated heterocycles. The second-order valence-electron chi connectivity index (χ2n) is 3.76. The SMILES string of the molecule is COc1c[c]([Zn+])ccc1OCc1ccccc1.[Br-]. The average Bonchev–Trinajstić information content (AvgIpc) is 2.38. The Kier molecular flexibility index (Phi) is 6.38. The Morgan fingerprint density at radius 1 is 1.00 bits per heavy atom. The molecule has 0 N–H and O–H groups in total. The van der Waals surface area contributed by atoms with Gasteiger partial charge in [0.1, 0.15) is 0 Å². The molecule has 90 valence electrons. The second-order valence-corrected chi connectivity index (χ2v) is 5.47. The number of benzene rings is 2. The Morgan fingerprint density at radius 3 is 2.39 bits per heavy atom. The number of ether oxygens (including phenoxy) is 2. The first-order valence-electron chi connectivity index (χ1n) is 5.46. The summed E-state index contributed by atoms with van der Waals surface area (Å²) in [6.45, 7) is 0.566. The van der Waals surface area contributed by atoms with Gasteiger partial charge in [0, 0.05) is 0 Å². The van der Waals surface area contributed by atoms with E-state index in [1.54, 1.807) is 7.11 Å². The van der Waals surface area contributed by atoms with Crippen LogP contribution in [0.15, 0.2) is 48.5 Å². The normalized spacial score (nSPS) is 9.50. The van der Waals surface area contributed by atoms with E-state index >= 15 is 0 Å². The molecule has 0 heterocycles. The van der Waals surface area contributed by atoms with E-state index in [0.29, 0.717) is 6.61 Å². The third kappa shape index (κ3) is 4.11. The predicted octanol–water partition coefficient (Wildman–Crippen LogP) is -0.550. The van der Waals surface area contributed by atoms with E-state index in [2.05, 4.69) is 6.07 Å². The molecule has 0 atom stereocenters. The second kappa shape index (κ2) is 7.55. The average molecular weight is 359 g/mol. The molecule has 2 aromatic carbocycles. The molecule has 0 amide bonds. The molecule has 4 heteroatoms. The van der Waals surface area contributed by atoms with E-state index in [1.807, 2.05) is 42.5 Å². The van der Waals surface area contributed by atoms with Crippen LogP contribution in [0, 0.1) is 0 Å². The topological polar surface area (TPSA) is 18.5 Å². The van der Waals surface area contributed by atoms with Crippen LogP contribution in [0.4, 0.5) is 0 Å². The molecule has 0 unspecified atom stereocenters. The van der Waals surface area contributed by atoms with E-state index in [4.69, 9.17) is 9.47 Å². The zero-order valence-electron chi connectivity index (χ0n) is 10.2. The van der Waals surface area contributed by atoms with Crippen molar-refractivity contribution in [2.45, 2.75) is 6.61 Å². The molecule has 2 rings (SSSR count). The first-order valence-corrected chi connectivity index (χ1v) is 6.94. The Labute approximate surface area is 128 Å². The molecule has 0 radical (unpaired) electrons. The number of methoxy groups -OCH3 is 1. The van der Waals surface area contributed by atoms with Crippen molar-refractivity contribution in [3.8, 4) is 11.5 Å². The minimum absolute atomic E-state index is 0. The van der Waals surface area contributed by atoms with Crippen LogP contribution in [0.5, 0.6) is 11.5 Å². The Balaban J connectivity index is 0.00000162. The van der Waals surface area contributed by atoms with Gasteiger partial charge in [-0.25, -0.2) is 0 Å². The van der Waals surface area contributed by atoms with Crippen molar-refractivity contribution in [2.24, 2.45) is 0 Å². The predicted molar refractivity (Wildman–Crippen MR) is 63.4 cm³/mol. The van der Waals surface area contributed by atoms with Crippen LogP contribution in [0.3, 0.4) is 0 Å². The van der Waals surface area contributed by atoms with Gasteiger partial charge < -0.3 is 17.0 Å². The summed E-state index contributed by atoms with van der Waals surface area (Å²) in [7, 11) is 1.67. The maximum atomic E-state index is 5.76. The Hall–Kier alpha value is -0.857. The Morgan fingerprint density at radius 2 is 1.72 bits per heavy atom. The molecular weight excluding hydrogens is 345 g/mol.